The van der Waals surface area contributed by atoms with Crippen LogP contribution in [0.2, 0.25) is 0 Å². The molecule has 16 heavy (non-hydrogen) atoms. The zero-order valence-corrected chi connectivity index (χ0v) is 10.2. The molecule has 1 aliphatic heterocycles. The molecule has 0 aliphatic carbocycles. The Bertz CT molecular complexity index is 400. The van der Waals surface area contributed by atoms with Crippen LogP contribution in [0.5, 0.6) is 0 Å². The van der Waals surface area contributed by atoms with E-state index in [1.165, 1.54) is 10.5 Å². The van der Waals surface area contributed by atoms with Gasteiger partial charge in [-0.1, -0.05) is 30.3 Å². The molecule has 1 heterocycles. The molecule has 84 valence electrons. The number of amides is 1. The summed E-state index contributed by atoms with van der Waals surface area (Å²) in [5.74, 6) is 1.09. The third-order valence-electron chi connectivity index (χ3n) is 2.59. The molecule has 1 aliphatic rings. The van der Waals surface area contributed by atoms with Crippen molar-refractivity contribution in [2.75, 3.05) is 13.1 Å². The van der Waals surface area contributed by atoms with Gasteiger partial charge in [-0.3, -0.25) is 4.79 Å². The van der Waals surface area contributed by atoms with E-state index in [0.29, 0.717) is 0 Å². The molecule has 0 fully saturated rings. The summed E-state index contributed by atoms with van der Waals surface area (Å²) >= 11 is 1.76. The van der Waals surface area contributed by atoms with E-state index in [0.717, 1.165) is 18.8 Å². The largest absolute Gasteiger partial charge is 0.335 e. The first-order chi connectivity index (χ1) is 7.79. The lowest BCUT2D eigenvalue weighted by Gasteiger charge is -2.12. The van der Waals surface area contributed by atoms with Crippen molar-refractivity contribution in [3.8, 4) is 0 Å². The van der Waals surface area contributed by atoms with Gasteiger partial charge in [-0.15, -0.1) is 11.8 Å². The van der Waals surface area contributed by atoms with Crippen molar-refractivity contribution in [3.05, 3.63) is 46.9 Å². The van der Waals surface area contributed by atoms with Crippen LogP contribution in [0.3, 0.4) is 0 Å². The minimum atomic E-state index is 0.151. The van der Waals surface area contributed by atoms with Crippen LogP contribution in [0, 0.1) is 0 Å². The molecule has 0 spiro atoms. The molecule has 2 nitrogen and oxygen atoms in total. The van der Waals surface area contributed by atoms with Crippen LogP contribution < -0.4 is 0 Å². The molecule has 0 atom stereocenters. The number of nitrogens with zero attached hydrogens (tertiary/aromatic N) is 1. The van der Waals surface area contributed by atoms with Crippen molar-refractivity contribution >= 4 is 17.7 Å². The third-order valence-corrected chi connectivity index (χ3v) is 3.69. The van der Waals surface area contributed by atoms with Gasteiger partial charge in [0.05, 0.1) is 6.54 Å². The van der Waals surface area contributed by atoms with E-state index in [2.05, 4.69) is 12.1 Å². The predicted molar refractivity (Wildman–Crippen MR) is 68.1 cm³/mol. The fourth-order valence-electron chi connectivity index (χ4n) is 1.65. The Morgan fingerprint density at radius 3 is 2.69 bits per heavy atom. The molecule has 0 radical (unpaired) electrons. The van der Waals surface area contributed by atoms with Crippen LogP contribution in [0.25, 0.3) is 0 Å². The Hall–Kier alpha value is -1.22. The fourth-order valence-corrected chi connectivity index (χ4v) is 2.62. The van der Waals surface area contributed by atoms with Gasteiger partial charge in [0.15, 0.2) is 0 Å². The van der Waals surface area contributed by atoms with Gasteiger partial charge in [-0.05, 0) is 12.5 Å². The average molecular weight is 233 g/mol. The van der Waals surface area contributed by atoms with Crippen LogP contribution in [-0.4, -0.2) is 23.9 Å². The molecule has 0 saturated carbocycles. The molecule has 0 aromatic heterocycles. The van der Waals surface area contributed by atoms with Gasteiger partial charge in [0.25, 0.3) is 0 Å². The van der Waals surface area contributed by atoms with Crippen molar-refractivity contribution in [1.82, 2.24) is 4.90 Å². The smallest absolute Gasteiger partial charge is 0.247 e. The number of thioether (sulfide) groups is 1. The summed E-state index contributed by atoms with van der Waals surface area (Å²) in [5, 5.41) is 0. The van der Waals surface area contributed by atoms with Crippen molar-refractivity contribution in [2.24, 2.45) is 0 Å². The summed E-state index contributed by atoms with van der Waals surface area (Å²) in [6.45, 7) is 3.59. The van der Waals surface area contributed by atoms with Crippen LogP contribution in [-0.2, 0) is 10.5 Å². The van der Waals surface area contributed by atoms with Crippen molar-refractivity contribution in [1.29, 1.82) is 0 Å². The van der Waals surface area contributed by atoms with Crippen LogP contribution in [0.1, 0.15) is 12.5 Å². The molecule has 1 amide bonds. The molecular formula is C13H15NOS. The van der Waals surface area contributed by atoms with Gasteiger partial charge in [0.1, 0.15) is 0 Å². The minimum Gasteiger partial charge on any atom is -0.335 e. The first kappa shape index (κ1) is 11.3. The SMILES string of the molecule is CCN1CC(SCc2ccccc2)=CC1=O. The summed E-state index contributed by atoms with van der Waals surface area (Å²) in [6.07, 6.45) is 1.76. The van der Waals surface area contributed by atoms with Gasteiger partial charge >= 0.3 is 0 Å². The van der Waals surface area contributed by atoms with E-state index in [4.69, 9.17) is 0 Å². The van der Waals surface area contributed by atoms with Gasteiger partial charge in [-0.25, -0.2) is 0 Å². The highest BCUT2D eigenvalue weighted by molar-refractivity contribution is 8.02. The minimum absolute atomic E-state index is 0.151. The van der Waals surface area contributed by atoms with Gasteiger partial charge in [0, 0.05) is 23.3 Å². The Kier molecular flexibility index (Phi) is 3.67. The molecule has 0 unspecified atom stereocenters. The summed E-state index contributed by atoms with van der Waals surface area (Å²) < 4.78 is 0. The van der Waals surface area contributed by atoms with Crippen molar-refractivity contribution in [2.45, 2.75) is 12.7 Å². The lowest BCUT2D eigenvalue weighted by atomic mass is 10.2. The lowest BCUT2D eigenvalue weighted by molar-refractivity contribution is -0.124. The molecular weight excluding hydrogens is 218 g/mol. The Labute approximate surface area is 100 Å². The van der Waals surface area contributed by atoms with Crippen LogP contribution in [0.15, 0.2) is 41.3 Å². The number of likely N-dealkylation sites (N-methyl/N-ethyl adjacent to an activating group) is 1. The quantitative estimate of drug-likeness (QED) is 0.797. The zero-order valence-electron chi connectivity index (χ0n) is 9.35. The molecule has 2 rings (SSSR count). The van der Waals surface area contributed by atoms with Gasteiger partial charge in [0.2, 0.25) is 5.91 Å². The van der Waals surface area contributed by atoms with Gasteiger partial charge in [-0.2, -0.15) is 0 Å². The maximum absolute atomic E-state index is 11.5. The van der Waals surface area contributed by atoms with E-state index < -0.39 is 0 Å². The molecule has 0 saturated heterocycles. The topological polar surface area (TPSA) is 20.3 Å². The fraction of sp³-hybridized carbons (Fsp3) is 0.308. The summed E-state index contributed by atoms with van der Waals surface area (Å²) in [7, 11) is 0. The highest BCUT2D eigenvalue weighted by Gasteiger charge is 2.19. The molecule has 3 heteroatoms. The Morgan fingerprint density at radius 2 is 2.06 bits per heavy atom. The normalized spacial score (nSPS) is 15.4. The highest BCUT2D eigenvalue weighted by atomic mass is 32.2. The second-order valence-corrected chi connectivity index (χ2v) is 4.84. The first-order valence-corrected chi connectivity index (χ1v) is 6.44. The van der Waals surface area contributed by atoms with Crippen LogP contribution >= 0.6 is 11.8 Å². The Morgan fingerprint density at radius 1 is 1.31 bits per heavy atom. The van der Waals surface area contributed by atoms with E-state index in [9.17, 15) is 4.79 Å². The summed E-state index contributed by atoms with van der Waals surface area (Å²) in [5.41, 5.74) is 1.30. The third kappa shape index (κ3) is 2.67. The monoisotopic (exact) mass is 233 g/mol. The second-order valence-electron chi connectivity index (χ2n) is 3.74. The summed E-state index contributed by atoms with van der Waals surface area (Å²) in [6, 6.07) is 10.3. The first-order valence-electron chi connectivity index (χ1n) is 5.46. The van der Waals surface area contributed by atoms with E-state index >= 15 is 0 Å². The predicted octanol–water partition coefficient (Wildman–Crippen LogP) is 2.67. The van der Waals surface area contributed by atoms with Crippen molar-refractivity contribution < 1.29 is 4.79 Å². The zero-order chi connectivity index (χ0) is 11.4. The number of carbonyl (C=O) groups excluding carboxylic acids is 1. The maximum atomic E-state index is 11.5. The number of hydrogen-bond acceptors (Lipinski definition) is 2. The van der Waals surface area contributed by atoms with Crippen molar-refractivity contribution in [3.63, 3.8) is 0 Å². The van der Waals surface area contributed by atoms with E-state index in [-0.39, 0.29) is 5.91 Å². The molecule has 1 aromatic carbocycles. The Balaban J connectivity index is 1.88. The van der Waals surface area contributed by atoms with E-state index in [1.807, 2.05) is 30.0 Å². The number of rotatable bonds is 4. The number of benzene rings is 1. The molecule has 0 bridgehead atoms. The number of hydrogen-bond donors (Lipinski definition) is 0. The summed E-state index contributed by atoms with van der Waals surface area (Å²) in [4.78, 5) is 14.5. The molecule has 1 aromatic rings. The lowest BCUT2D eigenvalue weighted by Crippen LogP contribution is -2.24. The second kappa shape index (κ2) is 5.21. The maximum Gasteiger partial charge on any atom is 0.247 e. The highest BCUT2D eigenvalue weighted by Crippen LogP contribution is 2.25. The van der Waals surface area contributed by atoms with Crippen LogP contribution in [0.4, 0.5) is 0 Å². The van der Waals surface area contributed by atoms with Gasteiger partial charge < -0.3 is 4.90 Å². The van der Waals surface area contributed by atoms with E-state index in [1.54, 1.807) is 17.8 Å². The molecule has 0 N–H and O–H groups in total. The average Bonchev–Trinajstić information content (AvgIpc) is 2.69. The number of carbonyl (C=O) groups is 1. The standard InChI is InChI=1S/C13H15NOS/c1-2-14-9-12(8-13(14)15)16-10-11-6-4-3-5-7-11/h3-8H,2,9-10H2,1H3.